The highest BCUT2D eigenvalue weighted by Crippen LogP contribution is 2.30. The van der Waals surface area contributed by atoms with E-state index in [0.29, 0.717) is 18.5 Å². The summed E-state index contributed by atoms with van der Waals surface area (Å²) in [4.78, 5) is 10.8. The Morgan fingerprint density at radius 2 is 1.72 bits per heavy atom. The normalized spacial score (nSPS) is 27.4. The number of aldehydes is 1. The molecule has 1 fully saturated rings. The quantitative estimate of drug-likeness (QED) is 0.422. The number of hydrogen-bond acceptors (Lipinski definition) is 8. The number of ether oxygens (including phenoxy) is 3. The smallest absolute Gasteiger partial charge is 0.229 e. The maximum absolute atomic E-state index is 10.8. The van der Waals surface area contributed by atoms with Gasteiger partial charge in [-0.2, -0.15) is 0 Å². The van der Waals surface area contributed by atoms with Crippen LogP contribution >= 0.6 is 0 Å². The van der Waals surface area contributed by atoms with Crippen molar-refractivity contribution in [1.29, 1.82) is 0 Å². The Morgan fingerprint density at radius 1 is 1.03 bits per heavy atom. The fraction of sp³-hybridized carbons (Fsp3) is 0.458. The molecule has 174 valence electrons. The molecule has 2 aromatic rings. The number of carbonyl (C=O) groups excluding carboxylic acids is 1. The van der Waals surface area contributed by atoms with Gasteiger partial charge in [0.1, 0.15) is 42.2 Å². The third kappa shape index (κ3) is 5.46. The number of carbonyl (C=O) groups is 1. The van der Waals surface area contributed by atoms with Crippen LogP contribution in [0, 0.1) is 5.92 Å². The maximum Gasteiger partial charge on any atom is 0.229 e. The Bertz CT molecular complexity index is 871. The molecule has 1 saturated heterocycles. The molecule has 0 amide bonds. The van der Waals surface area contributed by atoms with E-state index in [4.69, 9.17) is 14.2 Å². The van der Waals surface area contributed by atoms with Crippen LogP contribution in [0.3, 0.4) is 0 Å². The van der Waals surface area contributed by atoms with Crippen molar-refractivity contribution in [3.63, 3.8) is 0 Å². The molecule has 32 heavy (non-hydrogen) atoms. The predicted octanol–water partition coefficient (Wildman–Crippen LogP) is 1.06. The molecule has 3 rings (SSSR count). The predicted molar refractivity (Wildman–Crippen MR) is 115 cm³/mol. The summed E-state index contributed by atoms with van der Waals surface area (Å²) >= 11 is 0. The lowest BCUT2D eigenvalue weighted by Gasteiger charge is -2.43. The summed E-state index contributed by atoms with van der Waals surface area (Å²) in [6.07, 6.45) is -7.21. The van der Waals surface area contributed by atoms with Gasteiger partial charge in [0.05, 0.1) is 13.2 Å². The number of benzene rings is 2. The zero-order chi connectivity index (χ0) is 23.3. The lowest BCUT2D eigenvalue weighted by molar-refractivity contribution is -0.291. The molecule has 0 aromatic heterocycles. The average molecular weight is 446 g/mol. The molecule has 0 spiro atoms. The molecule has 0 bridgehead atoms. The van der Waals surface area contributed by atoms with Crippen molar-refractivity contribution in [2.45, 2.75) is 56.6 Å². The van der Waals surface area contributed by atoms with Gasteiger partial charge in [0.15, 0.2) is 0 Å². The van der Waals surface area contributed by atoms with E-state index in [2.05, 4.69) is 0 Å². The van der Waals surface area contributed by atoms with Gasteiger partial charge in [0.25, 0.3) is 0 Å². The lowest BCUT2D eigenvalue weighted by Crippen LogP contribution is -2.62. The second kappa shape index (κ2) is 10.9. The molecule has 2 unspecified atom stereocenters. The summed E-state index contributed by atoms with van der Waals surface area (Å²) in [5, 5.41) is 41.6. The van der Waals surface area contributed by atoms with E-state index < -0.39 is 42.7 Å². The van der Waals surface area contributed by atoms with Gasteiger partial charge in [0, 0.05) is 12.8 Å². The monoisotopic (exact) mass is 446 g/mol. The van der Waals surface area contributed by atoms with E-state index in [1.54, 1.807) is 26.2 Å². The van der Waals surface area contributed by atoms with E-state index in [1.807, 2.05) is 36.4 Å². The molecule has 0 saturated carbocycles. The highest BCUT2D eigenvalue weighted by Gasteiger charge is 2.48. The molecule has 4 N–H and O–H groups in total. The number of para-hydroxylation sites is 1. The van der Waals surface area contributed by atoms with Gasteiger partial charge in [-0.1, -0.05) is 37.3 Å². The largest absolute Gasteiger partial charge is 0.497 e. The van der Waals surface area contributed by atoms with Crippen molar-refractivity contribution in [3.8, 4) is 11.5 Å². The molecule has 0 radical (unpaired) electrons. The number of rotatable bonds is 9. The highest BCUT2D eigenvalue weighted by atomic mass is 16.7. The molecule has 2 aromatic carbocycles. The zero-order valence-corrected chi connectivity index (χ0v) is 18.1. The molecule has 0 aliphatic carbocycles. The standard InChI is InChI=1S/C24H30O8/c1-14(11-12-25)19(26)23-21(28)20(27)22(29)24(32-23)31-18-6-4-3-5-16(18)13-15-7-9-17(30-2)10-8-15/h3-10,12,14,19-24,26-29H,11,13H2,1-2H3/t14?,19?,20-,21-,22+,23+,24-/m0/s1. The van der Waals surface area contributed by atoms with Crippen molar-refractivity contribution < 1.29 is 39.4 Å². The number of aliphatic hydroxyl groups excluding tert-OH is 4. The van der Waals surface area contributed by atoms with Gasteiger partial charge in [-0.15, -0.1) is 0 Å². The molecular formula is C24H30O8. The fourth-order valence-electron chi connectivity index (χ4n) is 3.72. The second-order valence-electron chi connectivity index (χ2n) is 8.06. The minimum atomic E-state index is -1.59. The molecule has 1 heterocycles. The topological polar surface area (TPSA) is 126 Å². The Labute approximate surface area is 187 Å². The first kappa shape index (κ1) is 24.2. The van der Waals surface area contributed by atoms with E-state index in [9.17, 15) is 25.2 Å². The summed E-state index contributed by atoms with van der Waals surface area (Å²) in [5.74, 6) is 0.667. The third-order valence-electron chi connectivity index (χ3n) is 5.76. The first-order chi connectivity index (χ1) is 15.3. The van der Waals surface area contributed by atoms with Crippen LogP contribution in [-0.4, -0.2) is 70.6 Å². The summed E-state index contributed by atoms with van der Waals surface area (Å²) in [7, 11) is 1.60. The summed E-state index contributed by atoms with van der Waals surface area (Å²) in [6, 6.07) is 14.8. The van der Waals surface area contributed by atoms with E-state index >= 15 is 0 Å². The van der Waals surface area contributed by atoms with Gasteiger partial charge in [0.2, 0.25) is 6.29 Å². The number of hydrogen-bond donors (Lipinski definition) is 4. The highest BCUT2D eigenvalue weighted by molar-refractivity contribution is 5.49. The van der Waals surface area contributed by atoms with Gasteiger partial charge in [-0.25, -0.2) is 0 Å². The second-order valence-corrected chi connectivity index (χ2v) is 8.06. The summed E-state index contributed by atoms with van der Waals surface area (Å²) in [6.45, 7) is 1.63. The maximum atomic E-state index is 10.8. The molecule has 1 aliphatic heterocycles. The van der Waals surface area contributed by atoms with Gasteiger partial charge < -0.3 is 39.4 Å². The Morgan fingerprint density at radius 3 is 2.38 bits per heavy atom. The third-order valence-corrected chi connectivity index (χ3v) is 5.76. The Kier molecular flexibility index (Phi) is 8.22. The van der Waals surface area contributed by atoms with Crippen LogP contribution in [0.4, 0.5) is 0 Å². The first-order valence-corrected chi connectivity index (χ1v) is 10.5. The van der Waals surface area contributed by atoms with Gasteiger partial charge in [-0.05, 0) is 35.2 Å². The Hall–Kier alpha value is -2.49. The fourth-order valence-corrected chi connectivity index (χ4v) is 3.72. The van der Waals surface area contributed by atoms with Crippen LogP contribution in [-0.2, 0) is 16.0 Å². The van der Waals surface area contributed by atoms with Gasteiger partial charge >= 0.3 is 0 Å². The summed E-state index contributed by atoms with van der Waals surface area (Å²) < 4.78 is 16.8. The first-order valence-electron chi connectivity index (χ1n) is 10.5. The Balaban J connectivity index is 1.78. The molecule has 8 nitrogen and oxygen atoms in total. The van der Waals surface area contributed by atoms with Crippen LogP contribution < -0.4 is 9.47 Å². The van der Waals surface area contributed by atoms with E-state index in [0.717, 1.165) is 16.9 Å². The van der Waals surface area contributed by atoms with Crippen LogP contribution in [0.25, 0.3) is 0 Å². The van der Waals surface area contributed by atoms with Gasteiger partial charge in [-0.3, -0.25) is 0 Å². The van der Waals surface area contributed by atoms with E-state index in [1.165, 1.54) is 0 Å². The average Bonchev–Trinajstić information content (AvgIpc) is 2.80. The van der Waals surface area contributed by atoms with Crippen LogP contribution in [0.5, 0.6) is 11.5 Å². The molecule has 1 aliphatic rings. The SMILES string of the molecule is COc1ccc(Cc2ccccc2O[C@H]2O[C@H](C(O)C(C)CC=O)[C@@H](O)[C@H](O)[C@H]2O)cc1. The van der Waals surface area contributed by atoms with Crippen LogP contribution in [0.15, 0.2) is 48.5 Å². The van der Waals surface area contributed by atoms with Crippen LogP contribution in [0.2, 0.25) is 0 Å². The van der Waals surface area contributed by atoms with Crippen molar-refractivity contribution in [2.75, 3.05) is 7.11 Å². The molecule has 7 atom stereocenters. The van der Waals surface area contributed by atoms with Crippen molar-refractivity contribution in [1.82, 2.24) is 0 Å². The van der Waals surface area contributed by atoms with Crippen molar-refractivity contribution in [3.05, 3.63) is 59.7 Å². The van der Waals surface area contributed by atoms with Crippen molar-refractivity contribution >= 4 is 6.29 Å². The minimum absolute atomic E-state index is 0.0581. The molecular weight excluding hydrogens is 416 g/mol. The summed E-state index contributed by atoms with van der Waals surface area (Å²) in [5.41, 5.74) is 1.83. The zero-order valence-electron chi connectivity index (χ0n) is 18.1. The van der Waals surface area contributed by atoms with Crippen molar-refractivity contribution in [2.24, 2.45) is 5.92 Å². The molecule has 8 heteroatoms. The number of methoxy groups -OCH3 is 1. The number of aliphatic hydroxyl groups is 4. The lowest BCUT2D eigenvalue weighted by atomic mass is 9.88. The minimum Gasteiger partial charge on any atom is -0.497 e. The van der Waals surface area contributed by atoms with E-state index in [-0.39, 0.29) is 6.42 Å². The van der Waals surface area contributed by atoms with Crippen LogP contribution in [0.1, 0.15) is 24.5 Å².